The first-order chi connectivity index (χ1) is 15.1. The van der Waals surface area contributed by atoms with Gasteiger partial charge in [0.05, 0.1) is 6.54 Å². The molecule has 1 amide bonds. The summed E-state index contributed by atoms with van der Waals surface area (Å²) in [5.41, 5.74) is 2.76. The van der Waals surface area contributed by atoms with Gasteiger partial charge in [0.1, 0.15) is 0 Å². The smallest absolute Gasteiger partial charge is 0.243 e. The number of carbonyl (C=O) groups excluding carboxylic acids is 1. The Labute approximate surface area is 208 Å². The molecule has 0 bridgehead atoms. The van der Waals surface area contributed by atoms with Crippen LogP contribution in [-0.4, -0.2) is 49.0 Å². The number of amides is 1. The lowest BCUT2D eigenvalue weighted by Gasteiger charge is -2.38. The van der Waals surface area contributed by atoms with Crippen LogP contribution in [0.4, 0.5) is 5.69 Å². The number of carbonyl (C=O) groups is 1. The molecular formula is C25H32IN5O. The second-order valence-electron chi connectivity index (χ2n) is 7.87. The van der Waals surface area contributed by atoms with Crippen LogP contribution in [0, 0.1) is 12.3 Å². The highest BCUT2D eigenvalue weighted by Gasteiger charge is 2.26. The van der Waals surface area contributed by atoms with Gasteiger partial charge < -0.3 is 16.0 Å². The Balaban J connectivity index is 0.00000363. The average Bonchev–Trinajstić information content (AvgIpc) is 2.79. The first-order valence-electron chi connectivity index (χ1n) is 10.7. The minimum atomic E-state index is -0.150. The van der Waals surface area contributed by atoms with E-state index in [2.05, 4.69) is 69.0 Å². The molecule has 2 aromatic rings. The van der Waals surface area contributed by atoms with Crippen molar-refractivity contribution in [3.8, 4) is 12.3 Å². The number of likely N-dealkylation sites (tertiary alicyclic amines) is 1. The fourth-order valence-electron chi connectivity index (χ4n) is 3.85. The van der Waals surface area contributed by atoms with E-state index in [0.29, 0.717) is 23.7 Å². The quantitative estimate of drug-likeness (QED) is 0.225. The standard InChI is InChI=1S/C25H31N5O.HI/c1-4-20-11-8-12-22(16-20)28-24(31)17-27-25(26-3)29-23-13-14-30(19(2)15-23)18-21-9-6-5-7-10-21;/h1,5-12,16,19,23H,13-15,17-18H2,2-3H3,(H,28,31)(H2,26,27,29);1H. The fourth-order valence-corrected chi connectivity index (χ4v) is 3.85. The van der Waals surface area contributed by atoms with Crippen LogP contribution in [0.2, 0.25) is 0 Å². The molecule has 32 heavy (non-hydrogen) atoms. The van der Waals surface area contributed by atoms with E-state index in [1.54, 1.807) is 13.1 Å². The molecular weight excluding hydrogens is 513 g/mol. The molecule has 1 aliphatic heterocycles. The first kappa shape index (κ1) is 25.7. The van der Waals surface area contributed by atoms with E-state index in [4.69, 9.17) is 6.42 Å². The molecule has 1 fully saturated rings. The van der Waals surface area contributed by atoms with Crippen molar-refractivity contribution < 1.29 is 4.79 Å². The molecule has 2 unspecified atom stereocenters. The van der Waals surface area contributed by atoms with Crippen molar-refractivity contribution in [2.24, 2.45) is 4.99 Å². The zero-order valence-corrected chi connectivity index (χ0v) is 21.0. The van der Waals surface area contributed by atoms with Gasteiger partial charge in [-0.3, -0.25) is 14.7 Å². The third kappa shape index (κ3) is 7.84. The molecule has 1 heterocycles. The summed E-state index contributed by atoms with van der Waals surface area (Å²) in [4.78, 5) is 19.1. The second kappa shape index (κ2) is 13.1. The molecule has 2 atom stereocenters. The van der Waals surface area contributed by atoms with E-state index in [1.807, 2.05) is 18.2 Å². The van der Waals surface area contributed by atoms with E-state index in [1.165, 1.54) is 5.56 Å². The number of aliphatic imine (C=N–C) groups is 1. The summed E-state index contributed by atoms with van der Waals surface area (Å²) in [5.74, 6) is 3.06. The van der Waals surface area contributed by atoms with Crippen molar-refractivity contribution in [1.82, 2.24) is 15.5 Å². The van der Waals surface area contributed by atoms with Crippen LogP contribution in [0.3, 0.4) is 0 Å². The van der Waals surface area contributed by atoms with Crippen LogP contribution in [0.15, 0.2) is 59.6 Å². The van der Waals surface area contributed by atoms with Crippen molar-refractivity contribution in [2.45, 2.75) is 38.4 Å². The van der Waals surface area contributed by atoms with Crippen LogP contribution in [0.5, 0.6) is 0 Å². The zero-order chi connectivity index (χ0) is 22.1. The molecule has 170 valence electrons. The van der Waals surface area contributed by atoms with Gasteiger partial charge in [0.25, 0.3) is 0 Å². The van der Waals surface area contributed by atoms with Crippen LogP contribution in [-0.2, 0) is 11.3 Å². The van der Waals surface area contributed by atoms with Crippen molar-refractivity contribution in [3.05, 3.63) is 65.7 Å². The average molecular weight is 545 g/mol. The van der Waals surface area contributed by atoms with Crippen molar-refractivity contribution in [2.75, 3.05) is 25.5 Å². The number of benzene rings is 2. The number of terminal acetylenes is 1. The number of nitrogens with zero attached hydrogens (tertiary/aromatic N) is 2. The number of rotatable bonds is 6. The largest absolute Gasteiger partial charge is 0.354 e. The summed E-state index contributed by atoms with van der Waals surface area (Å²) in [5, 5.41) is 9.42. The van der Waals surface area contributed by atoms with Gasteiger partial charge in [-0.25, -0.2) is 0 Å². The van der Waals surface area contributed by atoms with Gasteiger partial charge in [0.15, 0.2) is 5.96 Å². The van der Waals surface area contributed by atoms with E-state index < -0.39 is 0 Å². The van der Waals surface area contributed by atoms with Gasteiger partial charge >= 0.3 is 0 Å². The van der Waals surface area contributed by atoms with Gasteiger partial charge in [-0.15, -0.1) is 30.4 Å². The minimum Gasteiger partial charge on any atom is -0.354 e. The van der Waals surface area contributed by atoms with Crippen molar-refractivity contribution in [3.63, 3.8) is 0 Å². The third-order valence-corrected chi connectivity index (χ3v) is 5.54. The summed E-state index contributed by atoms with van der Waals surface area (Å²) < 4.78 is 0. The van der Waals surface area contributed by atoms with Gasteiger partial charge in [-0.05, 0) is 43.5 Å². The number of halogens is 1. The Kier molecular flexibility index (Phi) is 10.5. The van der Waals surface area contributed by atoms with Crippen LogP contribution in [0.25, 0.3) is 0 Å². The molecule has 1 saturated heterocycles. The van der Waals surface area contributed by atoms with Gasteiger partial charge in [0.2, 0.25) is 5.91 Å². The Bertz CT molecular complexity index is 941. The van der Waals surface area contributed by atoms with E-state index >= 15 is 0 Å². The summed E-state index contributed by atoms with van der Waals surface area (Å²) in [7, 11) is 1.72. The lowest BCUT2D eigenvalue weighted by atomic mass is 9.97. The lowest BCUT2D eigenvalue weighted by molar-refractivity contribution is -0.115. The van der Waals surface area contributed by atoms with Gasteiger partial charge in [-0.1, -0.05) is 42.3 Å². The molecule has 0 aromatic heterocycles. The monoisotopic (exact) mass is 545 g/mol. The van der Waals surface area contributed by atoms with Gasteiger partial charge in [0, 0.05) is 43.5 Å². The van der Waals surface area contributed by atoms with E-state index in [0.717, 1.165) is 31.5 Å². The molecule has 0 aliphatic carbocycles. The summed E-state index contributed by atoms with van der Waals surface area (Å²) >= 11 is 0. The highest BCUT2D eigenvalue weighted by atomic mass is 127. The lowest BCUT2D eigenvalue weighted by Crippen LogP contribution is -2.52. The predicted molar refractivity (Wildman–Crippen MR) is 142 cm³/mol. The number of piperidine rings is 1. The Morgan fingerprint density at radius 3 is 2.69 bits per heavy atom. The Morgan fingerprint density at radius 1 is 1.22 bits per heavy atom. The zero-order valence-electron chi connectivity index (χ0n) is 18.7. The Morgan fingerprint density at radius 2 is 2.00 bits per heavy atom. The molecule has 7 heteroatoms. The molecule has 0 spiro atoms. The predicted octanol–water partition coefficient (Wildman–Crippen LogP) is 3.44. The highest BCUT2D eigenvalue weighted by molar-refractivity contribution is 14.0. The number of guanidine groups is 1. The normalized spacial score (nSPS) is 18.7. The van der Waals surface area contributed by atoms with E-state index in [9.17, 15) is 4.79 Å². The van der Waals surface area contributed by atoms with Crippen LogP contribution < -0.4 is 16.0 Å². The van der Waals surface area contributed by atoms with E-state index in [-0.39, 0.29) is 36.4 Å². The molecule has 2 aromatic carbocycles. The molecule has 6 nitrogen and oxygen atoms in total. The number of anilines is 1. The maximum atomic E-state index is 12.3. The van der Waals surface area contributed by atoms with Crippen LogP contribution in [0.1, 0.15) is 30.9 Å². The molecule has 0 radical (unpaired) electrons. The topological polar surface area (TPSA) is 68.8 Å². The highest BCUT2D eigenvalue weighted by Crippen LogP contribution is 2.20. The number of nitrogens with one attached hydrogen (secondary N) is 3. The third-order valence-electron chi connectivity index (χ3n) is 5.54. The number of hydrogen-bond donors (Lipinski definition) is 3. The van der Waals surface area contributed by atoms with Crippen molar-refractivity contribution in [1.29, 1.82) is 0 Å². The Hall–Kier alpha value is -2.57. The maximum absolute atomic E-state index is 12.3. The minimum absolute atomic E-state index is 0. The van der Waals surface area contributed by atoms with Crippen molar-refractivity contribution >= 4 is 41.5 Å². The summed E-state index contributed by atoms with van der Waals surface area (Å²) in [6.45, 7) is 4.40. The van der Waals surface area contributed by atoms with Gasteiger partial charge in [-0.2, -0.15) is 0 Å². The second-order valence-corrected chi connectivity index (χ2v) is 7.87. The van der Waals surface area contributed by atoms with Crippen LogP contribution >= 0.6 is 24.0 Å². The summed E-state index contributed by atoms with van der Waals surface area (Å²) in [6, 6.07) is 18.6. The fraction of sp³-hybridized carbons (Fsp3) is 0.360. The molecule has 3 rings (SSSR count). The molecule has 1 aliphatic rings. The molecule has 0 saturated carbocycles. The molecule has 3 N–H and O–H groups in total. The number of hydrogen-bond acceptors (Lipinski definition) is 3. The maximum Gasteiger partial charge on any atom is 0.243 e. The first-order valence-corrected chi connectivity index (χ1v) is 10.7. The summed E-state index contributed by atoms with van der Waals surface area (Å²) in [6.07, 6.45) is 7.47. The SMILES string of the molecule is C#Cc1cccc(NC(=O)CNC(=NC)NC2CCN(Cc3ccccc3)C(C)C2)c1.I.